The van der Waals surface area contributed by atoms with Gasteiger partial charge in [-0.25, -0.2) is 8.42 Å². The molecule has 0 spiro atoms. The van der Waals surface area contributed by atoms with Crippen LogP contribution in [0.25, 0.3) is 0 Å². The molecular weight excluding hydrogens is 268 g/mol. The zero-order chi connectivity index (χ0) is 14.0. The molecule has 1 aliphatic heterocycles. The molecule has 100 valence electrons. The molecule has 1 heterocycles. The second-order valence-electron chi connectivity index (χ2n) is 4.32. The van der Waals surface area contributed by atoms with Gasteiger partial charge in [-0.05, 0) is 30.7 Å². The molecule has 1 N–H and O–H groups in total. The molecule has 0 unspecified atom stereocenters. The van der Waals surface area contributed by atoms with Gasteiger partial charge in [-0.15, -0.1) is 0 Å². The Labute approximate surface area is 110 Å². The average Bonchev–Trinajstić information content (AvgIpc) is 2.89. The summed E-state index contributed by atoms with van der Waals surface area (Å²) in [5, 5.41) is 17.5. The largest absolute Gasteiger partial charge is 0.481 e. The van der Waals surface area contributed by atoms with Crippen molar-refractivity contribution in [1.82, 2.24) is 4.31 Å². The van der Waals surface area contributed by atoms with E-state index >= 15 is 0 Å². The fourth-order valence-electron chi connectivity index (χ4n) is 2.00. The maximum atomic E-state index is 12.3. The molecule has 0 aliphatic carbocycles. The van der Waals surface area contributed by atoms with E-state index in [1.807, 2.05) is 6.07 Å². The van der Waals surface area contributed by atoms with Crippen LogP contribution in [0, 0.1) is 17.2 Å². The molecule has 2 rings (SSSR count). The van der Waals surface area contributed by atoms with E-state index in [0.29, 0.717) is 12.0 Å². The lowest BCUT2D eigenvalue weighted by atomic mass is 10.1. The van der Waals surface area contributed by atoms with Gasteiger partial charge in [0.2, 0.25) is 10.0 Å². The van der Waals surface area contributed by atoms with Gasteiger partial charge in [0.25, 0.3) is 0 Å². The number of benzene rings is 1. The van der Waals surface area contributed by atoms with Crippen LogP contribution < -0.4 is 0 Å². The quantitative estimate of drug-likeness (QED) is 0.876. The average molecular weight is 280 g/mol. The van der Waals surface area contributed by atoms with Gasteiger partial charge in [-0.3, -0.25) is 4.79 Å². The monoisotopic (exact) mass is 280 g/mol. The summed E-state index contributed by atoms with van der Waals surface area (Å²) in [6.45, 7) is 0.205. The molecule has 0 aromatic heterocycles. The van der Waals surface area contributed by atoms with E-state index in [9.17, 15) is 13.2 Å². The van der Waals surface area contributed by atoms with Crippen molar-refractivity contribution in [3.05, 3.63) is 29.8 Å². The van der Waals surface area contributed by atoms with Gasteiger partial charge in [0, 0.05) is 13.1 Å². The van der Waals surface area contributed by atoms with Crippen LogP contribution in [-0.2, 0) is 14.8 Å². The lowest BCUT2D eigenvalue weighted by Gasteiger charge is -2.15. The number of nitrogens with zero attached hydrogens (tertiary/aromatic N) is 2. The number of aliphatic carboxylic acids is 1. The van der Waals surface area contributed by atoms with Gasteiger partial charge >= 0.3 is 5.97 Å². The van der Waals surface area contributed by atoms with Crippen molar-refractivity contribution in [3.63, 3.8) is 0 Å². The van der Waals surface area contributed by atoms with Crippen molar-refractivity contribution in [3.8, 4) is 6.07 Å². The van der Waals surface area contributed by atoms with Gasteiger partial charge in [0.15, 0.2) is 0 Å². The van der Waals surface area contributed by atoms with E-state index < -0.39 is 21.9 Å². The maximum absolute atomic E-state index is 12.3. The minimum absolute atomic E-state index is 0.00231. The second-order valence-corrected chi connectivity index (χ2v) is 6.26. The van der Waals surface area contributed by atoms with Gasteiger partial charge in [-0.2, -0.15) is 9.57 Å². The minimum Gasteiger partial charge on any atom is -0.481 e. The van der Waals surface area contributed by atoms with E-state index in [0.717, 1.165) is 0 Å². The number of rotatable bonds is 3. The maximum Gasteiger partial charge on any atom is 0.307 e. The van der Waals surface area contributed by atoms with Crippen molar-refractivity contribution in [2.75, 3.05) is 13.1 Å². The van der Waals surface area contributed by atoms with Crippen LogP contribution in [0.3, 0.4) is 0 Å². The van der Waals surface area contributed by atoms with E-state index in [-0.39, 0.29) is 18.0 Å². The molecular formula is C12H12N2O4S. The number of carboxylic acid groups (broad SMARTS) is 1. The SMILES string of the molecule is N#Cc1ccc(S(=O)(=O)N2CC[C@H](C(=O)O)C2)cc1. The Hall–Kier alpha value is -1.91. The van der Waals surface area contributed by atoms with Crippen LogP contribution >= 0.6 is 0 Å². The van der Waals surface area contributed by atoms with Gasteiger partial charge in [-0.1, -0.05) is 0 Å². The van der Waals surface area contributed by atoms with Crippen LogP contribution in [-0.4, -0.2) is 36.9 Å². The molecule has 1 fully saturated rings. The summed E-state index contributed by atoms with van der Waals surface area (Å²) in [4.78, 5) is 10.9. The molecule has 1 aromatic rings. The summed E-state index contributed by atoms with van der Waals surface area (Å²) >= 11 is 0. The Morgan fingerprint density at radius 1 is 1.37 bits per heavy atom. The number of nitriles is 1. The highest BCUT2D eigenvalue weighted by molar-refractivity contribution is 7.89. The molecule has 7 heteroatoms. The molecule has 0 saturated carbocycles. The third-order valence-corrected chi connectivity index (χ3v) is 5.00. The molecule has 1 aromatic carbocycles. The highest BCUT2D eigenvalue weighted by Gasteiger charge is 2.35. The zero-order valence-electron chi connectivity index (χ0n) is 9.98. The summed E-state index contributed by atoms with van der Waals surface area (Å²) < 4.78 is 25.7. The van der Waals surface area contributed by atoms with Crippen molar-refractivity contribution in [1.29, 1.82) is 5.26 Å². The molecule has 0 amide bonds. The molecule has 1 aliphatic rings. The van der Waals surface area contributed by atoms with Crippen LogP contribution in [0.4, 0.5) is 0 Å². The first-order chi connectivity index (χ1) is 8.95. The number of hydrogen-bond acceptors (Lipinski definition) is 4. The summed E-state index contributed by atoms with van der Waals surface area (Å²) in [7, 11) is -3.67. The van der Waals surface area contributed by atoms with Gasteiger partial charge in [0.1, 0.15) is 0 Å². The highest BCUT2D eigenvalue weighted by Crippen LogP contribution is 2.24. The van der Waals surface area contributed by atoms with Crippen molar-refractivity contribution in [2.45, 2.75) is 11.3 Å². The highest BCUT2D eigenvalue weighted by atomic mass is 32.2. The van der Waals surface area contributed by atoms with E-state index in [1.54, 1.807) is 0 Å². The first-order valence-corrected chi connectivity index (χ1v) is 7.12. The number of hydrogen-bond donors (Lipinski definition) is 1. The Morgan fingerprint density at radius 3 is 2.47 bits per heavy atom. The van der Waals surface area contributed by atoms with Crippen LogP contribution in [0.2, 0.25) is 0 Å². The topological polar surface area (TPSA) is 98.5 Å². The Balaban J connectivity index is 2.23. The normalized spacial score (nSPS) is 20.1. The van der Waals surface area contributed by atoms with E-state index in [2.05, 4.69) is 0 Å². The lowest BCUT2D eigenvalue weighted by molar-refractivity contribution is -0.141. The summed E-state index contributed by atoms with van der Waals surface area (Å²) in [5.74, 6) is -1.62. The molecule has 1 saturated heterocycles. The smallest absolute Gasteiger partial charge is 0.307 e. The predicted octanol–water partition coefficient (Wildman–Crippen LogP) is 0.653. The number of sulfonamides is 1. The fraction of sp³-hybridized carbons (Fsp3) is 0.333. The zero-order valence-corrected chi connectivity index (χ0v) is 10.8. The number of carboxylic acids is 1. The minimum atomic E-state index is -3.67. The van der Waals surface area contributed by atoms with Crippen molar-refractivity contribution >= 4 is 16.0 Å². The third-order valence-electron chi connectivity index (χ3n) is 3.12. The second kappa shape index (κ2) is 4.99. The Bertz CT molecular complexity index is 631. The van der Waals surface area contributed by atoms with Gasteiger partial charge < -0.3 is 5.11 Å². The lowest BCUT2D eigenvalue weighted by Crippen LogP contribution is -2.30. The molecule has 6 nitrogen and oxygen atoms in total. The van der Waals surface area contributed by atoms with E-state index in [1.165, 1.54) is 28.6 Å². The molecule has 19 heavy (non-hydrogen) atoms. The predicted molar refractivity (Wildman–Crippen MR) is 65.7 cm³/mol. The third kappa shape index (κ3) is 2.59. The first kappa shape index (κ1) is 13.5. The fourth-order valence-corrected chi connectivity index (χ4v) is 3.50. The molecule has 0 radical (unpaired) electrons. The molecule has 0 bridgehead atoms. The Morgan fingerprint density at radius 2 is 2.00 bits per heavy atom. The van der Waals surface area contributed by atoms with Crippen LogP contribution in [0.5, 0.6) is 0 Å². The first-order valence-electron chi connectivity index (χ1n) is 5.68. The van der Waals surface area contributed by atoms with Crippen LogP contribution in [0.1, 0.15) is 12.0 Å². The van der Waals surface area contributed by atoms with Crippen LogP contribution in [0.15, 0.2) is 29.2 Å². The standard InChI is InChI=1S/C12H12N2O4S/c13-7-9-1-3-11(4-2-9)19(17,18)14-6-5-10(8-14)12(15)16/h1-4,10H,5-6,8H2,(H,15,16)/t10-/m0/s1. The summed E-state index contributed by atoms with van der Waals surface area (Å²) in [6, 6.07) is 7.49. The summed E-state index contributed by atoms with van der Waals surface area (Å²) in [5.41, 5.74) is 0.379. The molecule has 1 atom stereocenters. The summed E-state index contributed by atoms with van der Waals surface area (Å²) in [6.07, 6.45) is 0.324. The van der Waals surface area contributed by atoms with E-state index in [4.69, 9.17) is 10.4 Å². The van der Waals surface area contributed by atoms with Crippen molar-refractivity contribution in [2.24, 2.45) is 5.92 Å². The Kier molecular flexibility index (Phi) is 3.55. The van der Waals surface area contributed by atoms with Gasteiger partial charge in [0.05, 0.1) is 22.4 Å². The van der Waals surface area contributed by atoms with Crippen molar-refractivity contribution < 1.29 is 18.3 Å². The number of carbonyl (C=O) groups is 1.